The van der Waals surface area contributed by atoms with E-state index in [0.717, 1.165) is 12.2 Å². The summed E-state index contributed by atoms with van der Waals surface area (Å²) in [5, 5.41) is 5.03. The van der Waals surface area contributed by atoms with Gasteiger partial charge in [-0.25, -0.2) is 13.6 Å². The topological polar surface area (TPSA) is 69.4 Å². The summed E-state index contributed by atoms with van der Waals surface area (Å²) in [5.41, 5.74) is 0. The third-order valence-electron chi connectivity index (χ3n) is 2.38. The van der Waals surface area contributed by atoms with E-state index < -0.39 is 10.0 Å². The molecule has 0 spiro atoms. The summed E-state index contributed by atoms with van der Waals surface area (Å²) >= 11 is 0. The lowest BCUT2D eigenvalue weighted by atomic mass is 9.98. The molecule has 1 aliphatic carbocycles. The van der Waals surface area contributed by atoms with Crippen LogP contribution in [0.25, 0.3) is 0 Å². The first-order valence-corrected chi connectivity index (χ1v) is 5.68. The Morgan fingerprint density at radius 1 is 1.46 bits per heavy atom. The molecule has 0 aromatic rings. The fourth-order valence-corrected chi connectivity index (χ4v) is 2.35. The van der Waals surface area contributed by atoms with E-state index in [2.05, 4.69) is 0 Å². The Labute approximate surface area is 77.1 Å². The molecule has 1 saturated heterocycles. The predicted octanol–water partition coefficient (Wildman–Crippen LogP) is 0.483. The van der Waals surface area contributed by atoms with Crippen LogP contribution in [0.1, 0.15) is 12.8 Å². The Morgan fingerprint density at radius 3 is 2.92 bits per heavy atom. The summed E-state index contributed by atoms with van der Waals surface area (Å²) in [5.74, 6) is 1.12. The zero-order valence-corrected chi connectivity index (χ0v) is 7.88. The number of sulfonamides is 1. The van der Waals surface area contributed by atoms with Crippen LogP contribution in [0.4, 0.5) is 0 Å². The van der Waals surface area contributed by atoms with Crippen molar-refractivity contribution in [2.75, 3.05) is 6.61 Å². The average Bonchev–Trinajstić information content (AvgIpc) is 2.47. The van der Waals surface area contributed by atoms with Crippen molar-refractivity contribution in [3.8, 4) is 0 Å². The van der Waals surface area contributed by atoms with E-state index in [4.69, 9.17) is 9.88 Å². The van der Waals surface area contributed by atoms with Crippen molar-refractivity contribution >= 4 is 10.0 Å². The highest BCUT2D eigenvalue weighted by Gasteiger charge is 2.29. The van der Waals surface area contributed by atoms with Crippen molar-refractivity contribution in [3.05, 3.63) is 22.8 Å². The molecule has 2 aliphatic rings. The van der Waals surface area contributed by atoms with Crippen molar-refractivity contribution < 1.29 is 13.2 Å². The molecule has 13 heavy (non-hydrogen) atoms. The fourth-order valence-electron chi connectivity index (χ4n) is 1.66. The first kappa shape index (κ1) is 8.77. The second-order valence-corrected chi connectivity index (χ2v) is 4.90. The van der Waals surface area contributed by atoms with Crippen molar-refractivity contribution in [2.45, 2.75) is 12.8 Å². The molecular weight excluding hydrogens is 190 g/mol. The van der Waals surface area contributed by atoms with Gasteiger partial charge in [-0.1, -0.05) is 0 Å². The van der Waals surface area contributed by atoms with Gasteiger partial charge in [-0.3, -0.25) is 0 Å². The number of allylic oxidation sites excluding steroid dienone is 4. The van der Waals surface area contributed by atoms with Crippen molar-refractivity contribution in [2.24, 2.45) is 11.1 Å². The number of hydrogen-bond donors (Lipinski definition) is 1. The van der Waals surface area contributed by atoms with Crippen LogP contribution in [0.15, 0.2) is 22.8 Å². The van der Waals surface area contributed by atoms with E-state index in [1.165, 1.54) is 6.08 Å². The highest BCUT2D eigenvalue weighted by Crippen LogP contribution is 2.34. The van der Waals surface area contributed by atoms with Crippen molar-refractivity contribution in [3.63, 3.8) is 0 Å². The third kappa shape index (κ3) is 1.62. The van der Waals surface area contributed by atoms with Gasteiger partial charge >= 0.3 is 0 Å². The maximum atomic E-state index is 11.0. The molecule has 0 radical (unpaired) electrons. The van der Waals surface area contributed by atoms with Crippen LogP contribution >= 0.6 is 0 Å². The van der Waals surface area contributed by atoms with Crippen LogP contribution in [0.3, 0.4) is 0 Å². The van der Waals surface area contributed by atoms with Crippen LogP contribution in [-0.4, -0.2) is 15.0 Å². The monoisotopic (exact) mass is 201 g/mol. The van der Waals surface area contributed by atoms with E-state index in [1.54, 1.807) is 6.08 Å². The Balaban J connectivity index is 2.29. The molecule has 2 N–H and O–H groups in total. The third-order valence-corrected chi connectivity index (χ3v) is 3.42. The van der Waals surface area contributed by atoms with Crippen LogP contribution < -0.4 is 5.14 Å². The van der Waals surface area contributed by atoms with Gasteiger partial charge in [0.2, 0.25) is 10.0 Å². The maximum Gasteiger partial charge on any atom is 0.234 e. The standard InChI is InChI=1S/C8H11NO3S/c9-13(10,11)7-1-2-8-6(5-7)3-4-12-8/h1-2,6H,3-5H2,(H2,9,10,11). The molecule has 0 aromatic carbocycles. The number of nitrogens with two attached hydrogens (primary N) is 1. The molecule has 1 unspecified atom stereocenters. The van der Waals surface area contributed by atoms with Gasteiger partial charge in [0.25, 0.3) is 0 Å². The van der Waals surface area contributed by atoms with Gasteiger partial charge in [-0.05, 0) is 25.0 Å². The molecule has 1 fully saturated rings. The quantitative estimate of drug-likeness (QED) is 0.671. The minimum atomic E-state index is -3.50. The highest BCUT2D eigenvalue weighted by molar-refractivity contribution is 7.93. The Morgan fingerprint density at radius 2 is 2.23 bits per heavy atom. The molecule has 0 bridgehead atoms. The zero-order chi connectivity index (χ0) is 9.47. The smallest absolute Gasteiger partial charge is 0.234 e. The first-order chi connectivity index (χ1) is 6.07. The second kappa shape index (κ2) is 2.85. The molecule has 0 saturated carbocycles. The number of fused-ring (bicyclic) bond motifs is 1. The maximum absolute atomic E-state index is 11.0. The van der Waals surface area contributed by atoms with Crippen LogP contribution in [0.5, 0.6) is 0 Å². The van der Waals surface area contributed by atoms with E-state index in [-0.39, 0.29) is 5.92 Å². The summed E-state index contributed by atoms with van der Waals surface area (Å²) in [6.07, 6.45) is 4.62. The molecular formula is C8H11NO3S. The van der Waals surface area contributed by atoms with E-state index in [9.17, 15) is 8.42 Å². The SMILES string of the molecule is NS(=O)(=O)C1=CC=C2OCCC2C1. The summed E-state index contributed by atoms with van der Waals surface area (Å²) in [4.78, 5) is 0.312. The van der Waals surface area contributed by atoms with E-state index in [0.29, 0.717) is 17.9 Å². The first-order valence-electron chi connectivity index (χ1n) is 4.14. The minimum absolute atomic E-state index is 0.221. The van der Waals surface area contributed by atoms with Gasteiger partial charge < -0.3 is 4.74 Å². The van der Waals surface area contributed by atoms with Gasteiger partial charge in [0.15, 0.2) is 0 Å². The normalized spacial score (nSPS) is 27.3. The lowest BCUT2D eigenvalue weighted by molar-refractivity contribution is 0.258. The van der Waals surface area contributed by atoms with Crippen molar-refractivity contribution in [1.82, 2.24) is 0 Å². The zero-order valence-electron chi connectivity index (χ0n) is 7.06. The largest absolute Gasteiger partial charge is 0.498 e. The van der Waals surface area contributed by atoms with Gasteiger partial charge in [0.1, 0.15) is 0 Å². The summed E-state index contributed by atoms with van der Waals surface area (Å²) < 4.78 is 27.3. The van der Waals surface area contributed by atoms with Gasteiger partial charge in [-0.15, -0.1) is 0 Å². The lowest BCUT2D eigenvalue weighted by Gasteiger charge is -2.15. The van der Waals surface area contributed by atoms with Crippen molar-refractivity contribution in [1.29, 1.82) is 0 Å². The second-order valence-electron chi connectivity index (χ2n) is 3.29. The number of ether oxygens (including phenoxy) is 1. The molecule has 72 valence electrons. The Hall–Kier alpha value is -0.810. The Kier molecular flexibility index (Phi) is 1.92. The van der Waals surface area contributed by atoms with Crippen LogP contribution in [0, 0.1) is 5.92 Å². The lowest BCUT2D eigenvalue weighted by Crippen LogP contribution is -2.18. The summed E-state index contributed by atoms with van der Waals surface area (Å²) in [6.45, 7) is 0.683. The van der Waals surface area contributed by atoms with E-state index >= 15 is 0 Å². The molecule has 1 atom stereocenters. The molecule has 5 heteroatoms. The molecule has 0 amide bonds. The molecule has 1 heterocycles. The average molecular weight is 201 g/mol. The summed E-state index contributed by atoms with van der Waals surface area (Å²) in [6, 6.07) is 0. The van der Waals surface area contributed by atoms with Crippen LogP contribution in [-0.2, 0) is 14.8 Å². The highest BCUT2D eigenvalue weighted by atomic mass is 32.2. The number of rotatable bonds is 1. The number of primary sulfonamides is 1. The predicted molar refractivity (Wildman–Crippen MR) is 47.9 cm³/mol. The fraction of sp³-hybridized carbons (Fsp3) is 0.500. The number of hydrogen-bond acceptors (Lipinski definition) is 3. The Bertz CT molecular complexity index is 380. The van der Waals surface area contributed by atoms with Crippen LogP contribution in [0.2, 0.25) is 0 Å². The molecule has 2 rings (SSSR count). The van der Waals surface area contributed by atoms with Gasteiger partial charge in [-0.2, -0.15) is 0 Å². The van der Waals surface area contributed by atoms with Gasteiger partial charge in [0.05, 0.1) is 17.3 Å². The molecule has 0 aromatic heterocycles. The minimum Gasteiger partial charge on any atom is -0.498 e. The van der Waals surface area contributed by atoms with E-state index in [1.807, 2.05) is 0 Å². The summed E-state index contributed by atoms with van der Waals surface area (Å²) in [7, 11) is -3.50. The van der Waals surface area contributed by atoms with Gasteiger partial charge in [0, 0.05) is 5.92 Å². The molecule has 4 nitrogen and oxygen atoms in total. The molecule has 1 aliphatic heterocycles.